The molecule has 1 N–H and O–H groups in total. The Bertz CT molecular complexity index is 960. The van der Waals surface area contributed by atoms with Gasteiger partial charge in [0.15, 0.2) is 0 Å². The Hall–Kier alpha value is -3.02. The first kappa shape index (κ1) is 15.5. The van der Waals surface area contributed by atoms with Crippen LogP contribution in [0.2, 0.25) is 0 Å². The highest BCUT2D eigenvalue weighted by Gasteiger charge is 2.26. The number of carbonyl (C=O) groups is 1. The van der Waals surface area contributed by atoms with Crippen LogP contribution >= 0.6 is 0 Å². The second-order valence-electron chi connectivity index (χ2n) is 6.30. The van der Waals surface area contributed by atoms with Crippen LogP contribution in [0.5, 0.6) is 0 Å². The molecule has 4 rings (SSSR count). The molecule has 25 heavy (non-hydrogen) atoms. The van der Waals surface area contributed by atoms with Crippen molar-refractivity contribution >= 4 is 5.78 Å². The first-order valence-corrected chi connectivity index (χ1v) is 8.41. The van der Waals surface area contributed by atoms with Crippen LogP contribution < -0.4 is 5.56 Å². The Kier molecular flexibility index (Phi) is 4.01. The third kappa shape index (κ3) is 3.03. The predicted molar refractivity (Wildman–Crippen MR) is 92.8 cm³/mol. The molecule has 2 aromatic heterocycles. The van der Waals surface area contributed by atoms with E-state index in [9.17, 15) is 9.59 Å². The fraction of sp³-hybridized carbons (Fsp3) is 0.263. The minimum atomic E-state index is -0.294. The molecule has 1 aromatic carbocycles. The van der Waals surface area contributed by atoms with Crippen LogP contribution in [0.3, 0.4) is 0 Å². The number of aromatic amines is 1. The second-order valence-corrected chi connectivity index (χ2v) is 6.30. The van der Waals surface area contributed by atoms with Gasteiger partial charge in [0.2, 0.25) is 5.95 Å². The summed E-state index contributed by atoms with van der Waals surface area (Å²) in [5.74, 6) is 0.288. The first-order chi connectivity index (χ1) is 12.2. The molecule has 0 amide bonds. The van der Waals surface area contributed by atoms with Gasteiger partial charge in [0.05, 0.1) is 0 Å². The monoisotopic (exact) mass is 334 g/mol. The third-order valence-electron chi connectivity index (χ3n) is 4.70. The number of nitrogens with one attached hydrogen (secondary N) is 1. The number of aryl methyl sites for hydroxylation is 1. The maximum absolute atomic E-state index is 12.8. The summed E-state index contributed by atoms with van der Waals surface area (Å²) in [7, 11) is 0. The van der Waals surface area contributed by atoms with Crippen LogP contribution in [0, 0.1) is 0 Å². The number of carbonyl (C=O) groups excluding carboxylic acids is 1. The number of ketones is 1. The van der Waals surface area contributed by atoms with Crippen molar-refractivity contribution in [2.45, 2.75) is 31.6 Å². The average Bonchev–Trinajstić information content (AvgIpc) is 3.17. The molecule has 6 nitrogen and oxygen atoms in total. The number of fused-ring (bicyclic) bond motifs is 1. The van der Waals surface area contributed by atoms with Crippen LogP contribution in [0.15, 0.2) is 53.7 Å². The average molecular weight is 334 g/mol. The number of H-pyrrole nitrogens is 1. The third-order valence-corrected chi connectivity index (χ3v) is 4.70. The summed E-state index contributed by atoms with van der Waals surface area (Å²) in [6, 6.07) is 9.84. The van der Waals surface area contributed by atoms with Gasteiger partial charge >= 0.3 is 0 Å². The molecule has 3 aromatic rings. The van der Waals surface area contributed by atoms with Gasteiger partial charge in [-0.15, -0.1) is 0 Å². The van der Waals surface area contributed by atoms with E-state index in [1.807, 2.05) is 18.2 Å². The standard InChI is InChI=1S/C19H18N4O2/c24-17(16-8-3-6-13-5-1-2-7-15(13)16)11-14-12-20-19(22-18(14)25)23-10-4-9-21-23/h1-2,4-5,7,9-10,12,16H,3,6,8,11H2,(H,20,22,25). The summed E-state index contributed by atoms with van der Waals surface area (Å²) in [4.78, 5) is 32.0. The molecule has 0 radical (unpaired) electrons. The molecule has 0 saturated heterocycles. The predicted octanol–water partition coefficient (Wildman–Crippen LogP) is 2.19. The fourth-order valence-electron chi connectivity index (χ4n) is 3.45. The fourth-order valence-corrected chi connectivity index (χ4v) is 3.45. The SMILES string of the molecule is O=C(Cc1cnc(-n2cccn2)[nH]c1=O)C1CCCc2ccccc21. The molecule has 2 heterocycles. The van der Waals surface area contributed by atoms with Gasteiger partial charge in [-0.25, -0.2) is 9.67 Å². The molecular formula is C19H18N4O2. The van der Waals surface area contributed by atoms with E-state index in [1.165, 1.54) is 16.4 Å². The molecule has 1 atom stereocenters. The van der Waals surface area contributed by atoms with Crippen molar-refractivity contribution in [1.82, 2.24) is 19.7 Å². The molecule has 6 heteroatoms. The van der Waals surface area contributed by atoms with E-state index in [0.717, 1.165) is 24.8 Å². The van der Waals surface area contributed by atoms with E-state index in [4.69, 9.17) is 0 Å². The number of rotatable bonds is 4. The summed E-state index contributed by atoms with van der Waals surface area (Å²) in [5.41, 5.74) is 2.45. The maximum atomic E-state index is 12.8. The molecule has 126 valence electrons. The lowest BCUT2D eigenvalue weighted by molar-refractivity contribution is -0.120. The minimum Gasteiger partial charge on any atom is -0.299 e. The molecule has 0 fully saturated rings. The van der Waals surface area contributed by atoms with Gasteiger partial charge in [0.25, 0.3) is 5.56 Å². The second kappa shape index (κ2) is 6.47. The van der Waals surface area contributed by atoms with E-state index in [-0.39, 0.29) is 23.7 Å². The van der Waals surface area contributed by atoms with E-state index in [0.29, 0.717) is 11.5 Å². The van der Waals surface area contributed by atoms with Crippen molar-refractivity contribution in [2.24, 2.45) is 0 Å². The highest BCUT2D eigenvalue weighted by atomic mass is 16.1. The van der Waals surface area contributed by atoms with Crippen molar-refractivity contribution in [2.75, 3.05) is 0 Å². The van der Waals surface area contributed by atoms with Crippen molar-refractivity contribution < 1.29 is 4.79 Å². The molecule has 1 unspecified atom stereocenters. The lowest BCUT2D eigenvalue weighted by Gasteiger charge is -2.24. The smallest absolute Gasteiger partial charge is 0.255 e. The number of Topliss-reactive ketones (excluding diaryl/α,β-unsaturated/α-hetero) is 1. The van der Waals surface area contributed by atoms with Crippen LogP contribution in [0.25, 0.3) is 5.95 Å². The lowest BCUT2D eigenvalue weighted by Crippen LogP contribution is -2.24. The van der Waals surface area contributed by atoms with Crippen LogP contribution in [-0.2, 0) is 17.6 Å². The van der Waals surface area contributed by atoms with Crippen molar-refractivity contribution in [3.8, 4) is 5.95 Å². The lowest BCUT2D eigenvalue weighted by atomic mass is 9.79. The highest BCUT2D eigenvalue weighted by Crippen LogP contribution is 2.32. The van der Waals surface area contributed by atoms with E-state index in [2.05, 4.69) is 21.1 Å². The summed E-state index contributed by atoms with van der Waals surface area (Å²) in [6.45, 7) is 0. The van der Waals surface area contributed by atoms with E-state index < -0.39 is 0 Å². The molecule has 0 saturated carbocycles. The Morgan fingerprint density at radius 2 is 2.16 bits per heavy atom. The Balaban J connectivity index is 1.57. The largest absolute Gasteiger partial charge is 0.299 e. The zero-order valence-electron chi connectivity index (χ0n) is 13.7. The van der Waals surface area contributed by atoms with Crippen molar-refractivity contribution in [3.63, 3.8) is 0 Å². The molecule has 1 aliphatic rings. The van der Waals surface area contributed by atoms with Gasteiger partial charge in [-0.3, -0.25) is 14.6 Å². The van der Waals surface area contributed by atoms with Gasteiger partial charge in [0.1, 0.15) is 5.78 Å². The molecule has 0 bridgehead atoms. The summed E-state index contributed by atoms with van der Waals surface area (Å²) < 4.78 is 1.48. The molecular weight excluding hydrogens is 316 g/mol. The zero-order valence-corrected chi connectivity index (χ0v) is 13.7. The van der Waals surface area contributed by atoms with Gasteiger partial charge < -0.3 is 0 Å². The van der Waals surface area contributed by atoms with Gasteiger partial charge in [-0.2, -0.15) is 5.10 Å². The summed E-state index contributed by atoms with van der Waals surface area (Å²) in [6.07, 6.45) is 7.73. The van der Waals surface area contributed by atoms with Crippen molar-refractivity contribution in [3.05, 3.63) is 76.0 Å². The number of hydrogen-bond donors (Lipinski definition) is 1. The quantitative estimate of drug-likeness (QED) is 0.793. The van der Waals surface area contributed by atoms with E-state index >= 15 is 0 Å². The Morgan fingerprint density at radius 1 is 1.28 bits per heavy atom. The Labute approximate surface area is 144 Å². The van der Waals surface area contributed by atoms with Crippen LogP contribution in [-0.4, -0.2) is 25.5 Å². The minimum absolute atomic E-state index is 0.0753. The molecule has 0 aliphatic heterocycles. The number of aromatic nitrogens is 4. The zero-order chi connectivity index (χ0) is 17.2. The van der Waals surface area contributed by atoms with Gasteiger partial charge in [-0.05, 0) is 36.5 Å². The first-order valence-electron chi connectivity index (χ1n) is 8.41. The number of benzene rings is 1. The molecule has 1 aliphatic carbocycles. The Morgan fingerprint density at radius 3 is 2.96 bits per heavy atom. The number of hydrogen-bond acceptors (Lipinski definition) is 4. The summed E-state index contributed by atoms with van der Waals surface area (Å²) >= 11 is 0. The van der Waals surface area contributed by atoms with E-state index in [1.54, 1.807) is 18.5 Å². The molecule has 0 spiro atoms. The highest BCUT2D eigenvalue weighted by molar-refractivity contribution is 5.88. The summed E-state index contributed by atoms with van der Waals surface area (Å²) in [5, 5.41) is 4.03. The normalized spacial score (nSPS) is 16.4. The van der Waals surface area contributed by atoms with Gasteiger partial charge in [-0.1, -0.05) is 24.3 Å². The van der Waals surface area contributed by atoms with Crippen LogP contribution in [0.1, 0.15) is 35.4 Å². The van der Waals surface area contributed by atoms with Gasteiger partial charge in [0, 0.05) is 36.5 Å². The number of nitrogens with zero attached hydrogens (tertiary/aromatic N) is 3. The van der Waals surface area contributed by atoms with Crippen LogP contribution in [0.4, 0.5) is 0 Å². The topological polar surface area (TPSA) is 80.6 Å². The van der Waals surface area contributed by atoms with Crippen molar-refractivity contribution in [1.29, 1.82) is 0 Å². The maximum Gasteiger partial charge on any atom is 0.255 e.